The number of hydrogen-bond acceptors (Lipinski definition) is 4. The highest BCUT2D eigenvalue weighted by molar-refractivity contribution is 6.04. The molecule has 0 aliphatic carbocycles. The third-order valence-corrected chi connectivity index (χ3v) is 7.21. The predicted octanol–water partition coefficient (Wildman–Crippen LogP) is 8.04. The van der Waals surface area contributed by atoms with Crippen LogP contribution in [0, 0.1) is 0 Å². The average Bonchev–Trinajstić information content (AvgIpc) is 3.39. The molecule has 0 bridgehead atoms. The molecule has 4 aromatic carbocycles. The number of para-hydroxylation sites is 1. The summed E-state index contributed by atoms with van der Waals surface area (Å²) in [5.74, 6) is 1.85. The predicted molar refractivity (Wildman–Crippen MR) is 146 cm³/mol. The van der Waals surface area contributed by atoms with Crippen molar-refractivity contribution in [2.24, 2.45) is 5.10 Å². The van der Waals surface area contributed by atoms with Crippen LogP contribution in [0.3, 0.4) is 0 Å². The molecule has 0 N–H and O–H groups in total. The smallest absolute Gasteiger partial charge is 0.213 e. The van der Waals surface area contributed by atoms with E-state index in [0.717, 1.165) is 42.2 Å². The van der Waals surface area contributed by atoms with Crippen LogP contribution in [0.2, 0.25) is 0 Å². The topological polar surface area (TPSA) is 34.1 Å². The third kappa shape index (κ3) is 4.44. The standard InChI is InChI=1S/C32H32N2O2/c1-2-3-4-9-20-35-27-18-16-24(17-19-27)32-34-30(28-12-7-8-13-31(28)36-32)22-29(33-34)26-15-14-23-10-5-6-11-25(23)21-26/h5-8,10-19,21,30,32H,2-4,9,20,22H2,1H3/t30-,32+/m1/s1. The molecular formula is C32H32N2O2. The Labute approximate surface area is 213 Å². The number of nitrogens with zero attached hydrogens (tertiary/aromatic N) is 2. The molecule has 4 aromatic rings. The molecule has 2 aliphatic heterocycles. The van der Waals surface area contributed by atoms with Gasteiger partial charge in [-0.1, -0.05) is 80.8 Å². The minimum Gasteiger partial charge on any atom is -0.494 e. The van der Waals surface area contributed by atoms with Crippen molar-refractivity contribution >= 4 is 16.5 Å². The maximum Gasteiger partial charge on any atom is 0.213 e. The Morgan fingerprint density at radius 2 is 1.67 bits per heavy atom. The van der Waals surface area contributed by atoms with Gasteiger partial charge >= 0.3 is 0 Å². The summed E-state index contributed by atoms with van der Waals surface area (Å²) in [6.07, 6.45) is 5.40. The first-order chi connectivity index (χ1) is 17.8. The van der Waals surface area contributed by atoms with E-state index >= 15 is 0 Å². The highest BCUT2D eigenvalue weighted by atomic mass is 16.5. The Morgan fingerprint density at radius 1 is 0.861 bits per heavy atom. The summed E-state index contributed by atoms with van der Waals surface area (Å²) in [6.45, 7) is 2.99. The highest BCUT2D eigenvalue weighted by Gasteiger charge is 2.40. The molecule has 2 atom stereocenters. The molecule has 0 unspecified atom stereocenters. The van der Waals surface area contributed by atoms with Gasteiger partial charge in [-0.25, -0.2) is 5.01 Å². The van der Waals surface area contributed by atoms with Gasteiger partial charge in [0, 0.05) is 17.5 Å². The molecule has 6 rings (SSSR count). The maximum atomic E-state index is 6.53. The lowest BCUT2D eigenvalue weighted by Gasteiger charge is -2.38. The lowest BCUT2D eigenvalue weighted by atomic mass is 9.95. The number of hydrogen-bond donors (Lipinski definition) is 0. The molecule has 0 aromatic heterocycles. The molecule has 2 heterocycles. The zero-order valence-corrected chi connectivity index (χ0v) is 20.8. The first-order valence-electron chi connectivity index (χ1n) is 13.1. The van der Waals surface area contributed by atoms with Crippen molar-refractivity contribution in [3.63, 3.8) is 0 Å². The van der Waals surface area contributed by atoms with E-state index in [0.29, 0.717) is 0 Å². The van der Waals surface area contributed by atoms with Gasteiger partial charge < -0.3 is 9.47 Å². The van der Waals surface area contributed by atoms with Gasteiger partial charge in [0.15, 0.2) is 0 Å². The Bertz CT molecular complexity index is 1380. The highest BCUT2D eigenvalue weighted by Crippen LogP contribution is 2.47. The third-order valence-electron chi connectivity index (χ3n) is 7.21. The van der Waals surface area contributed by atoms with Gasteiger partial charge in [0.1, 0.15) is 11.5 Å². The van der Waals surface area contributed by atoms with Gasteiger partial charge in [-0.3, -0.25) is 0 Å². The van der Waals surface area contributed by atoms with Crippen LogP contribution in [0.1, 0.15) is 68.0 Å². The summed E-state index contributed by atoms with van der Waals surface area (Å²) in [7, 11) is 0. The molecule has 0 spiro atoms. The molecule has 182 valence electrons. The fourth-order valence-corrected chi connectivity index (χ4v) is 5.25. The largest absolute Gasteiger partial charge is 0.494 e. The summed E-state index contributed by atoms with van der Waals surface area (Å²) >= 11 is 0. The van der Waals surface area contributed by atoms with Gasteiger partial charge in [-0.15, -0.1) is 0 Å². The molecule has 0 saturated carbocycles. The van der Waals surface area contributed by atoms with Crippen molar-refractivity contribution < 1.29 is 9.47 Å². The van der Waals surface area contributed by atoms with Crippen LogP contribution >= 0.6 is 0 Å². The van der Waals surface area contributed by atoms with E-state index in [9.17, 15) is 0 Å². The lowest BCUT2D eigenvalue weighted by Crippen LogP contribution is -2.33. The van der Waals surface area contributed by atoms with Crippen LogP contribution in [-0.2, 0) is 0 Å². The number of fused-ring (bicyclic) bond motifs is 4. The molecule has 0 saturated heterocycles. The average molecular weight is 477 g/mol. The SMILES string of the molecule is CCCCCCOc1ccc([C@@H]2Oc3ccccc3[C@H]3CC(c4ccc5ccccc5c4)=NN32)cc1. The zero-order chi connectivity index (χ0) is 24.3. The van der Waals surface area contributed by atoms with Crippen LogP contribution in [0.15, 0.2) is 96.1 Å². The summed E-state index contributed by atoms with van der Waals surface area (Å²) in [5.41, 5.74) is 4.55. The van der Waals surface area contributed by atoms with Crippen molar-refractivity contribution in [3.8, 4) is 11.5 Å². The maximum absolute atomic E-state index is 6.53. The van der Waals surface area contributed by atoms with Gasteiger partial charge in [-0.2, -0.15) is 5.10 Å². The van der Waals surface area contributed by atoms with Gasteiger partial charge in [0.05, 0.1) is 18.4 Å². The van der Waals surface area contributed by atoms with Gasteiger partial charge in [-0.05, 0) is 59.2 Å². The Hall–Kier alpha value is -3.79. The number of benzene rings is 4. The number of ether oxygens (including phenoxy) is 2. The fourth-order valence-electron chi connectivity index (χ4n) is 5.25. The Balaban J connectivity index is 1.27. The summed E-state index contributed by atoms with van der Waals surface area (Å²) < 4.78 is 12.5. The van der Waals surface area contributed by atoms with Crippen LogP contribution in [-0.4, -0.2) is 17.3 Å². The number of unbranched alkanes of at least 4 members (excludes halogenated alkanes) is 3. The lowest BCUT2D eigenvalue weighted by molar-refractivity contribution is -0.0190. The van der Waals surface area contributed by atoms with E-state index in [1.165, 1.54) is 41.2 Å². The molecule has 0 amide bonds. The molecule has 2 aliphatic rings. The van der Waals surface area contributed by atoms with Crippen LogP contribution in [0.5, 0.6) is 11.5 Å². The van der Waals surface area contributed by atoms with E-state index in [1.807, 2.05) is 6.07 Å². The molecule has 4 nitrogen and oxygen atoms in total. The first-order valence-corrected chi connectivity index (χ1v) is 13.1. The first kappa shape index (κ1) is 22.7. The summed E-state index contributed by atoms with van der Waals surface area (Å²) in [5, 5.41) is 9.77. The van der Waals surface area contributed by atoms with Crippen molar-refractivity contribution in [2.45, 2.75) is 51.3 Å². The quantitative estimate of drug-likeness (QED) is 0.241. The summed E-state index contributed by atoms with van der Waals surface area (Å²) in [4.78, 5) is 0. The molecular weight excluding hydrogens is 444 g/mol. The molecule has 36 heavy (non-hydrogen) atoms. The Kier molecular flexibility index (Phi) is 6.33. The van der Waals surface area contributed by atoms with Crippen LogP contribution < -0.4 is 9.47 Å². The molecule has 0 fully saturated rings. The normalized spacial score (nSPS) is 18.4. The van der Waals surface area contributed by atoms with Gasteiger partial charge in [0.25, 0.3) is 0 Å². The summed E-state index contributed by atoms with van der Waals surface area (Å²) in [6, 6.07) is 32.0. The van der Waals surface area contributed by atoms with E-state index in [-0.39, 0.29) is 12.3 Å². The second kappa shape index (κ2) is 10.1. The monoisotopic (exact) mass is 476 g/mol. The van der Waals surface area contributed by atoms with E-state index < -0.39 is 0 Å². The molecule has 4 heteroatoms. The van der Waals surface area contributed by atoms with Crippen molar-refractivity contribution in [1.82, 2.24) is 5.01 Å². The van der Waals surface area contributed by atoms with Crippen molar-refractivity contribution in [3.05, 3.63) is 108 Å². The van der Waals surface area contributed by atoms with E-state index in [1.54, 1.807) is 0 Å². The zero-order valence-electron chi connectivity index (χ0n) is 20.8. The molecule has 0 radical (unpaired) electrons. The van der Waals surface area contributed by atoms with E-state index in [4.69, 9.17) is 14.6 Å². The van der Waals surface area contributed by atoms with E-state index in [2.05, 4.69) is 96.9 Å². The minimum atomic E-state index is -0.276. The van der Waals surface area contributed by atoms with Crippen LogP contribution in [0.25, 0.3) is 10.8 Å². The van der Waals surface area contributed by atoms with Crippen molar-refractivity contribution in [2.75, 3.05) is 6.61 Å². The second-order valence-corrected chi connectivity index (χ2v) is 9.69. The number of hydrazone groups is 1. The van der Waals surface area contributed by atoms with Crippen molar-refractivity contribution in [1.29, 1.82) is 0 Å². The van der Waals surface area contributed by atoms with Gasteiger partial charge in [0.2, 0.25) is 6.23 Å². The number of rotatable bonds is 8. The Morgan fingerprint density at radius 3 is 2.53 bits per heavy atom. The second-order valence-electron chi connectivity index (χ2n) is 9.69. The minimum absolute atomic E-state index is 0.149. The van der Waals surface area contributed by atoms with Crippen LogP contribution in [0.4, 0.5) is 0 Å². The fraction of sp³-hybridized carbons (Fsp3) is 0.281.